The lowest BCUT2D eigenvalue weighted by Crippen LogP contribution is -2.13. The third-order valence-corrected chi connectivity index (χ3v) is 5.67. The predicted molar refractivity (Wildman–Crippen MR) is 119 cm³/mol. The molecule has 0 aliphatic heterocycles. The minimum absolute atomic E-state index is 0.189. The number of fused-ring (bicyclic) bond motifs is 1. The molecule has 4 rings (SSSR count). The van der Waals surface area contributed by atoms with E-state index in [4.69, 9.17) is 11.6 Å². The number of anilines is 1. The monoisotopic (exact) mass is 422 g/mol. The van der Waals surface area contributed by atoms with E-state index in [-0.39, 0.29) is 5.91 Å². The second kappa shape index (κ2) is 7.57. The van der Waals surface area contributed by atoms with E-state index in [1.807, 2.05) is 63.6 Å². The van der Waals surface area contributed by atoms with Gasteiger partial charge in [0.05, 0.1) is 38.7 Å². The minimum atomic E-state index is -0.189. The standard InChI is InChI=1S/C22H23ClN6O/c1-6-28-21-19(13(3)26-28)18(11-12(2)24-21)22(30)25-16-7-9-17(10-8-16)29-15(5)20(23)14(4)27-29/h7-11H,6H2,1-5H3,(H,25,30). The van der Waals surface area contributed by atoms with Crippen molar-refractivity contribution >= 4 is 34.2 Å². The Labute approximate surface area is 179 Å². The molecule has 1 N–H and O–H groups in total. The average Bonchev–Trinajstić information content (AvgIpc) is 3.18. The summed E-state index contributed by atoms with van der Waals surface area (Å²) in [5.41, 5.74) is 6.11. The zero-order chi connectivity index (χ0) is 21.6. The van der Waals surface area contributed by atoms with Crippen molar-refractivity contribution in [2.75, 3.05) is 5.32 Å². The number of hydrogen-bond donors (Lipinski definition) is 1. The van der Waals surface area contributed by atoms with E-state index in [0.29, 0.717) is 22.8 Å². The van der Waals surface area contributed by atoms with Gasteiger partial charge in [0, 0.05) is 17.9 Å². The number of nitrogens with zero attached hydrogens (tertiary/aromatic N) is 5. The van der Waals surface area contributed by atoms with Crippen LogP contribution in [-0.2, 0) is 6.54 Å². The lowest BCUT2D eigenvalue weighted by Gasteiger charge is -2.10. The van der Waals surface area contributed by atoms with Gasteiger partial charge in [-0.05, 0) is 65.0 Å². The van der Waals surface area contributed by atoms with Gasteiger partial charge in [0.2, 0.25) is 0 Å². The van der Waals surface area contributed by atoms with Crippen molar-refractivity contribution < 1.29 is 4.79 Å². The maximum Gasteiger partial charge on any atom is 0.256 e. The second-order valence-corrected chi connectivity index (χ2v) is 7.69. The number of benzene rings is 1. The molecule has 1 aromatic carbocycles. The largest absolute Gasteiger partial charge is 0.322 e. The van der Waals surface area contributed by atoms with Crippen molar-refractivity contribution in [2.24, 2.45) is 0 Å². The van der Waals surface area contributed by atoms with Gasteiger partial charge in [0.1, 0.15) is 0 Å². The summed E-state index contributed by atoms with van der Waals surface area (Å²) in [6, 6.07) is 9.31. The Morgan fingerprint density at radius 3 is 2.37 bits per heavy atom. The van der Waals surface area contributed by atoms with Crippen molar-refractivity contribution in [3.05, 3.63) is 63.7 Å². The van der Waals surface area contributed by atoms with Gasteiger partial charge >= 0.3 is 0 Å². The Morgan fingerprint density at radius 1 is 1.07 bits per heavy atom. The first-order chi connectivity index (χ1) is 14.3. The fraction of sp³-hybridized carbons (Fsp3) is 0.273. The summed E-state index contributed by atoms with van der Waals surface area (Å²) in [6.07, 6.45) is 0. The van der Waals surface area contributed by atoms with Crippen LogP contribution >= 0.6 is 11.6 Å². The minimum Gasteiger partial charge on any atom is -0.322 e. The Balaban J connectivity index is 1.65. The smallest absolute Gasteiger partial charge is 0.256 e. The second-order valence-electron chi connectivity index (χ2n) is 7.31. The molecule has 0 aliphatic carbocycles. The quantitative estimate of drug-likeness (QED) is 0.513. The summed E-state index contributed by atoms with van der Waals surface area (Å²) >= 11 is 6.25. The van der Waals surface area contributed by atoms with E-state index in [1.165, 1.54) is 0 Å². The molecular weight excluding hydrogens is 400 g/mol. The summed E-state index contributed by atoms with van der Waals surface area (Å²) < 4.78 is 3.62. The van der Waals surface area contributed by atoms with Crippen LogP contribution < -0.4 is 5.32 Å². The highest BCUT2D eigenvalue weighted by atomic mass is 35.5. The van der Waals surface area contributed by atoms with Crippen LogP contribution in [0.15, 0.2) is 30.3 Å². The molecule has 0 bridgehead atoms. The van der Waals surface area contributed by atoms with E-state index >= 15 is 0 Å². The molecule has 0 spiro atoms. The number of amides is 1. The molecule has 0 aliphatic rings. The van der Waals surface area contributed by atoms with Crippen LogP contribution in [-0.4, -0.2) is 30.5 Å². The number of pyridine rings is 1. The van der Waals surface area contributed by atoms with Crippen LogP contribution in [0.25, 0.3) is 16.7 Å². The van der Waals surface area contributed by atoms with E-state index in [0.717, 1.165) is 39.5 Å². The van der Waals surface area contributed by atoms with Crippen LogP contribution in [0.3, 0.4) is 0 Å². The van der Waals surface area contributed by atoms with E-state index in [2.05, 4.69) is 20.5 Å². The molecule has 3 heterocycles. The highest BCUT2D eigenvalue weighted by Crippen LogP contribution is 2.25. The topological polar surface area (TPSA) is 77.6 Å². The number of rotatable bonds is 4. The van der Waals surface area contributed by atoms with Gasteiger partial charge in [-0.1, -0.05) is 11.6 Å². The molecule has 7 nitrogen and oxygen atoms in total. The van der Waals surface area contributed by atoms with Gasteiger partial charge in [0.15, 0.2) is 5.65 Å². The molecule has 0 saturated heterocycles. The number of carbonyl (C=O) groups excluding carboxylic acids is 1. The number of nitrogens with one attached hydrogen (secondary N) is 1. The van der Waals surface area contributed by atoms with Gasteiger partial charge in [-0.3, -0.25) is 4.79 Å². The lowest BCUT2D eigenvalue weighted by atomic mass is 10.1. The maximum atomic E-state index is 13.1. The normalized spacial score (nSPS) is 11.3. The molecule has 0 radical (unpaired) electrons. The fourth-order valence-corrected chi connectivity index (χ4v) is 3.76. The highest BCUT2D eigenvalue weighted by molar-refractivity contribution is 6.31. The number of aromatic nitrogens is 5. The zero-order valence-electron chi connectivity index (χ0n) is 17.6. The number of aryl methyl sites for hydroxylation is 4. The Hall–Kier alpha value is -3.19. The number of carbonyl (C=O) groups is 1. The van der Waals surface area contributed by atoms with E-state index < -0.39 is 0 Å². The fourth-order valence-electron chi connectivity index (χ4n) is 3.64. The number of halogens is 1. The van der Waals surface area contributed by atoms with Gasteiger partial charge in [-0.2, -0.15) is 10.2 Å². The lowest BCUT2D eigenvalue weighted by molar-refractivity contribution is 0.102. The van der Waals surface area contributed by atoms with Gasteiger partial charge in [0.25, 0.3) is 5.91 Å². The number of hydrogen-bond acceptors (Lipinski definition) is 4. The van der Waals surface area contributed by atoms with Crippen LogP contribution in [0.4, 0.5) is 5.69 Å². The maximum absolute atomic E-state index is 13.1. The SMILES string of the molecule is CCn1nc(C)c2c(C(=O)Nc3ccc(-n4nc(C)c(Cl)c4C)cc3)cc(C)nc21. The summed E-state index contributed by atoms with van der Waals surface area (Å²) in [6.45, 7) is 10.3. The van der Waals surface area contributed by atoms with Crippen molar-refractivity contribution in [2.45, 2.75) is 41.2 Å². The predicted octanol–water partition coefficient (Wildman–Crippen LogP) is 4.78. The first-order valence-corrected chi connectivity index (χ1v) is 10.2. The summed E-state index contributed by atoms with van der Waals surface area (Å²) in [4.78, 5) is 17.7. The van der Waals surface area contributed by atoms with Gasteiger partial charge in [-0.25, -0.2) is 14.3 Å². The molecule has 3 aromatic heterocycles. The Bertz CT molecular complexity index is 1270. The van der Waals surface area contributed by atoms with Crippen molar-refractivity contribution in [1.29, 1.82) is 0 Å². The van der Waals surface area contributed by atoms with Crippen LogP contribution in [0, 0.1) is 27.7 Å². The van der Waals surface area contributed by atoms with Crippen LogP contribution in [0.5, 0.6) is 0 Å². The third kappa shape index (κ3) is 3.35. The molecule has 0 unspecified atom stereocenters. The first-order valence-electron chi connectivity index (χ1n) is 9.78. The van der Waals surface area contributed by atoms with Crippen molar-refractivity contribution in [3.8, 4) is 5.69 Å². The molecule has 0 saturated carbocycles. The third-order valence-electron chi connectivity index (χ3n) is 5.12. The van der Waals surface area contributed by atoms with Crippen molar-refractivity contribution in [3.63, 3.8) is 0 Å². The summed E-state index contributed by atoms with van der Waals surface area (Å²) in [5, 5.41) is 13.4. The Kier molecular flexibility index (Phi) is 5.07. The molecule has 30 heavy (non-hydrogen) atoms. The van der Waals surface area contributed by atoms with Gasteiger partial charge < -0.3 is 5.32 Å². The highest BCUT2D eigenvalue weighted by Gasteiger charge is 2.18. The van der Waals surface area contributed by atoms with E-state index in [9.17, 15) is 4.79 Å². The summed E-state index contributed by atoms with van der Waals surface area (Å²) in [5.74, 6) is -0.189. The molecule has 8 heteroatoms. The molecule has 0 atom stereocenters. The molecular formula is C22H23ClN6O. The summed E-state index contributed by atoms with van der Waals surface area (Å²) in [7, 11) is 0. The van der Waals surface area contributed by atoms with E-state index in [1.54, 1.807) is 10.7 Å². The molecule has 1 amide bonds. The zero-order valence-corrected chi connectivity index (χ0v) is 18.4. The average molecular weight is 423 g/mol. The van der Waals surface area contributed by atoms with Crippen molar-refractivity contribution in [1.82, 2.24) is 24.5 Å². The van der Waals surface area contributed by atoms with Crippen LogP contribution in [0.1, 0.15) is 40.1 Å². The molecule has 4 aromatic rings. The van der Waals surface area contributed by atoms with Gasteiger partial charge in [-0.15, -0.1) is 0 Å². The Morgan fingerprint density at radius 2 is 1.77 bits per heavy atom. The van der Waals surface area contributed by atoms with Crippen LogP contribution in [0.2, 0.25) is 5.02 Å². The molecule has 154 valence electrons. The molecule has 0 fully saturated rings. The first kappa shape index (κ1) is 20.1.